The molecule has 0 aliphatic carbocycles. The van der Waals surface area contributed by atoms with E-state index >= 15 is 0 Å². The van der Waals surface area contributed by atoms with Gasteiger partial charge >= 0.3 is 0 Å². The summed E-state index contributed by atoms with van der Waals surface area (Å²) in [5.41, 5.74) is 4.96. The van der Waals surface area contributed by atoms with Gasteiger partial charge < -0.3 is 4.74 Å². The molecule has 156 valence electrons. The highest BCUT2D eigenvalue weighted by molar-refractivity contribution is 5.97. The number of rotatable bonds is 11. The Morgan fingerprint density at radius 1 is 0.966 bits per heavy atom. The van der Waals surface area contributed by atoms with Crippen LogP contribution in [-0.2, 0) is 11.2 Å². The Hall–Kier alpha value is -2.57. The van der Waals surface area contributed by atoms with Crippen molar-refractivity contribution >= 4 is 17.3 Å². The molecule has 1 aliphatic rings. The zero-order valence-corrected chi connectivity index (χ0v) is 17.1. The van der Waals surface area contributed by atoms with Crippen LogP contribution < -0.4 is 20.5 Å². The van der Waals surface area contributed by atoms with Crippen LogP contribution >= 0.6 is 0 Å². The van der Waals surface area contributed by atoms with Crippen LogP contribution in [0, 0.1) is 0 Å². The quantitative estimate of drug-likeness (QED) is 0.521. The molecule has 0 bridgehead atoms. The smallest absolute Gasteiger partial charge is 0.243 e. The van der Waals surface area contributed by atoms with E-state index < -0.39 is 0 Å². The van der Waals surface area contributed by atoms with E-state index in [0.29, 0.717) is 24.2 Å². The number of aryl methyl sites for hydroxylation is 1. The van der Waals surface area contributed by atoms with Gasteiger partial charge in [-0.1, -0.05) is 63.3 Å². The molecule has 29 heavy (non-hydrogen) atoms. The Bertz CT molecular complexity index is 779. The van der Waals surface area contributed by atoms with Crippen molar-refractivity contribution in [2.24, 2.45) is 0 Å². The molecule has 0 radical (unpaired) electrons. The molecule has 0 spiro atoms. The number of hydrazine groups is 2. The largest absolute Gasteiger partial charge is 0.494 e. The van der Waals surface area contributed by atoms with Gasteiger partial charge in [-0.3, -0.25) is 10.0 Å². The minimum absolute atomic E-state index is 0.0996. The maximum atomic E-state index is 12.6. The number of unbranched alkanes of at least 4 members (excludes halogenated alkanes) is 5. The van der Waals surface area contributed by atoms with Gasteiger partial charge in [0, 0.05) is 6.42 Å². The van der Waals surface area contributed by atoms with Crippen molar-refractivity contribution in [1.82, 2.24) is 5.53 Å². The molecular formula is C23H31N3O3. The highest BCUT2D eigenvalue weighted by Crippen LogP contribution is 2.32. The van der Waals surface area contributed by atoms with Crippen molar-refractivity contribution in [1.29, 1.82) is 0 Å². The first-order valence-electron chi connectivity index (χ1n) is 10.6. The van der Waals surface area contributed by atoms with Crippen LogP contribution in [0.1, 0.15) is 57.4 Å². The molecule has 2 N–H and O–H groups in total. The number of amides is 1. The summed E-state index contributed by atoms with van der Waals surface area (Å²) in [5.74, 6) is 0.775. The highest BCUT2D eigenvalue weighted by Gasteiger charge is 2.28. The van der Waals surface area contributed by atoms with Gasteiger partial charge in [0.15, 0.2) is 0 Å². The molecule has 0 saturated heterocycles. The third kappa shape index (κ3) is 5.95. The first-order valence-corrected chi connectivity index (χ1v) is 10.6. The summed E-state index contributed by atoms with van der Waals surface area (Å²) in [5, 5.41) is 12.1. The minimum Gasteiger partial charge on any atom is -0.494 e. The molecule has 0 atom stereocenters. The van der Waals surface area contributed by atoms with E-state index in [1.54, 1.807) is 12.1 Å². The number of para-hydroxylation sites is 2. The predicted molar refractivity (Wildman–Crippen MR) is 115 cm³/mol. The average Bonchev–Trinajstić information content (AvgIpc) is 3.09. The van der Waals surface area contributed by atoms with Gasteiger partial charge in [0.1, 0.15) is 11.4 Å². The Balaban J connectivity index is 1.40. The van der Waals surface area contributed by atoms with Gasteiger partial charge in [-0.25, -0.2) is 5.01 Å². The van der Waals surface area contributed by atoms with Crippen molar-refractivity contribution in [3.63, 3.8) is 0 Å². The number of anilines is 2. The summed E-state index contributed by atoms with van der Waals surface area (Å²) in [6, 6.07) is 15.1. The number of fused-ring (bicyclic) bond motifs is 1. The van der Waals surface area contributed by atoms with Crippen molar-refractivity contribution in [2.75, 3.05) is 16.8 Å². The summed E-state index contributed by atoms with van der Waals surface area (Å²) in [6.45, 7) is 2.98. The lowest BCUT2D eigenvalue weighted by molar-refractivity contribution is -0.119. The van der Waals surface area contributed by atoms with E-state index in [0.717, 1.165) is 29.5 Å². The summed E-state index contributed by atoms with van der Waals surface area (Å²) < 4.78 is 5.81. The zero-order valence-electron chi connectivity index (χ0n) is 17.1. The van der Waals surface area contributed by atoms with Crippen LogP contribution in [0.25, 0.3) is 0 Å². The van der Waals surface area contributed by atoms with Gasteiger partial charge in [-0.15, -0.1) is 5.53 Å². The van der Waals surface area contributed by atoms with Crippen LogP contribution in [-0.4, -0.2) is 17.7 Å². The van der Waals surface area contributed by atoms with Crippen molar-refractivity contribution in [3.8, 4) is 5.75 Å². The fourth-order valence-corrected chi connectivity index (χ4v) is 3.41. The molecule has 2 aromatic carbocycles. The molecule has 6 nitrogen and oxygen atoms in total. The molecule has 0 saturated carbocycles. The number of benzene rings is 2. The van der Waals surface area contributed by atoms with Gasteiger partial charge in [0.05, 0.1) is 12.3 Å². The molecule has 3 rings (SSSR count). The molecule has 1 heterocycles. The second kappa shape index (κ2) is 10.8. The molecule has 1 aliphatic heterocycles. The number of hydrogen-bond acceptors (Lipinski definition) is 5. The molecule has 0 fully saturated rings. The van der Waals surface area contributed by atoms with E-state index in [-0.39, 0.29) is 5.91 Å². The molecular weight excluding hydrogens is 366 g/mol. The van der Waals surface area contributed by atoms with Gasteiger partial charge in [0.25, 0.3) is 0 Å². The second-order valence-electron chi connectivity index (χ2n) is 7.39. The van der Waals surface area contributed by atoms with Gasteiger partial charge in [0.2, 0.25) is 5.91 Å². The predicted octanol–water partition coefficient (Wildman–Crippen LogP) is 5.02. The molecule has 1 amide bonds. The average molecular weight is 398 g/mol. The fraction of sp³-hybridized carbons (Fsp3) is 0.435. The van der Waals surface area contributed by atoms with Gasteiger partial charge in [-0.2, -0.15) is 5.17 Å². The molecule has 6 heteroatoms. The summed E-state index contributed by atoms with van der Waals surface area (Å²) in [4.78, 5) is 12.6. The number of nitrogens with one attached hydrogen (secondary N) is 1. The Kier molecular flexibility index (Phi) is 7.90. The lowest BCUT2D eigenvalue weighted by Crippen LogP contribution is -2.46. The zero-order chi connectivity index (χ0) is 20.5. The van der Waals surface area contributed by atoms with Gasteiger partial charge in [-0.05, 0) is 42.7 Å². The number of carbonyl (C=O) groups is 1. The summed E-state index contributed by atoms with van der Waals surface area (Å²) in [7, 11) is 0. The third-order valence-electron chi connectivity index (χ3n) is 5.11. The van der Waals surface area contributed by atoms with Crippen LogP contribution in [0.3, 0.4) is 0 Å². The standard InChI is InChI=1S/C23H31N3O3/c1-2-3-4-5-6-9-18-29-20-15-12-19(13-16-20)14-17-23(27)25-21-10-7-8-11-22(21)26(28)24-25/h7-8,10-13,15-16,24,28H,2-6,9,14,17-18H2,1H3. The van der Waals surface area contributed by atoms with E-state index in [1.807, 2.05) is 36.4 Å². The Labute approximate surface area is 173 Å². The second-order valence-corrected chi connectivity index (χ2v) is 7.39. The molecule has 2 aromatic rings. The number of nitrogens with zero attached hydrogens (tertiary/aromatic N) is 2. The SMILES string of the molecule is CCCCCCCCOc1ccc(CCC(=O)N2NN(O)c3ccccc32)cc1. The molecule has 0 unspecified atom stereocenters. The molecule has 0 aromatic heterocycles. The maximum Gasteiger partial charge on any atom is 0.243 e. The summed E-state index contributed by atoms with van der Waals surface area (Å²) >= 11 is 0. The highest BCUT2D eigenvalue weighted by atomic mass is 16.6. The number of ether oxygens (including phenoxy) is 1. The summed E-state index contributed by atoms with van der Waals surface area (Å²) in [6.07, 6.45) is 8.48. The van der Waals surface area contributed by atoms with E-state index in [9.17, 15) is 10.0 Å². The van der Waals surface area contributed by atoms with Crippen molar-refractivity contribution < 1.29 is 14.7 Å². The number of hydrogen-bond donors (Lipinski definition) is 2. The van der Waals surface area contributed by atoms with Crippen LogP contribution in [0.4, 0.5) is 11.4 Å². The Morgan fingerprint density at radius 2 is 1.66 bits per heavy atom. The topological polar surface area (TPSA) is 65.0 Å². The third-order valence-corrected chi connectivity index (χ3v) is 5.11. The monoisotopic (exact) mass is 397 g/mol. The lowest BCUT2D eigenvalue weighted by atomic mass is 10.1. The van der Waals surface area contributed by atoms with Crippen molar-refractivity contribution in [2.45, 2.75) is 58.3 Å². The van der Waals surface area contributed by atoms with Crippen LogP contribution in [0.5, 0.6) is 5.75 Å². The Morgan fingerprint density at radius 3 is 2.41 bits per heavy atom. The van der Waals surface area contributed by atoms with Crippen molar-refractivity contribution in [3.05, 3.63) is 54.1 Å². The van der Waals surface area contributed by atoms with Crippen LogP contribution in [0.15, 0.2) is 48.5 Å². The first kappa shape index (κ1) is 21.1. The maximum absolute atomic E-state index is 12.6. The number of carbonyl (C=O) groups excluding carboxylic acids is 1. The normalized spacial score (nSPS) is 12.9. The lowest BCUT2D eigenvalue weighted by Gasteiger charge is -2.17. The van der Waals surface area contributed by atoms with E-state index in [4.69, 9.17) is 4.74 Å². The minimum atomic E-state index is -0.0996. The van der Waals surface area contributed by atoms with E-state index in [1.165, 1.54) is 37.1 Å². The fourth-order valence-electron chi connectivity index (χ4n) is 3.41. The first-order chi connectivity index (χ1) is 14.2. The van der Waals surface area contributed by atoms with E-state index in [2.05, 4.69) is 12.5 Å². The van der Waals surface area contributed by atoms with Crippen LogP contribution in [0.2, 0.25) is 0 Å².